The molecule has 0 radical (unpaired) electrons. The van der Waals surface area contributed by atoms with Crippen LogP contribution in [0.3, 0.4) is 0 Å². The summed E-state index contributed by atoms with van der Waals surface area (Å²) in [7, 11) is 1.53. The molecular weight excluding hydrogens is 236 g/mol. The third kappa shape index (κ3) is 3.35. The van der Waals surface area contributed by atoms with E-state index in [-0.39, 0.29) is 12.6 Å². The van der Waals surface area contributed by atoms with Crippen LogP contribution in [0, 0.1) is 5.92 Å². The average molecular weight is 258 g/mol. The van der Waals surface area contributed by atoms with Gasteiger partial charge in [0.05, 0.1) is 0 Å². The van der Waals surface area contributed by atoms with Gasteiger partial charge in [0.2, 0.25) is 0 Å². The first kappa shape index (κ1) is 14.8. The van der Waals surface area contributed by atoms with Crippen molar-refractivity contribution in [1.82, 2.24) is 9.80 Å². The minimum Gasteiger partial charge on any atom is -0.480 e. The predicted octanol–water partition coefficient (Wildman–Crippen LogP) is 0.606. The molecule has 104 valence electrons. The van der Waals surface area contributed by atoms with Crippen LogP contribution in [0.15, 0.2) is 0 Å². The normalized spacial score (nSPS) is 20.8. The van der Waals surface area contributed by atoms with E-state index in [1.165, 1.54) is 11.9 Å². The molecule has 0 saturated carbocycles. The highest BCUT2D eigenvalue weighted by Gasteiger charge is 2.32. The Hall–Kier alpha value is -1.30. The Bertz CT molecular complexity index is 308. The van der Waals surface area contributed by atoms with Crippen molar-refractivity contribution in [1.29, 1.82) is 0 Å². The fourth-order valence-corrected chi connectivity index (χ4v) is 2.40. The summed E-state index contributed by atoms with van der Waals surface area (Å²) in [6, 6.07) is -1.00. The highest BCUT2D eigenvalue weighted by atomic mass is 16.4. The number of nitrogens with zero attached hydrogens (tertiary/aromatic N) is 2. The Labute approximate surface area is 107 Å². The number of carboxylic acids is 1. The predicted molar refractivity (Wildman–Crippen MR) is 66.3 cm³/mol. The summed E-state index contributed by atoms with van der Waals surface area (Å²) in [6.45, 7) is 3.14. The summed E-state index contributed by atoms with van der Waals surface area (Å²) < 4.78 is 0. The lowest BCUT2D eigenvalue weighted by Crippen LogP contribution is -2.48. The van der Waals surface area contributed by atoms with Gasteiger partial charge >= 0.3 is 12.0 Å². The van der Waals surface area contributed by atoms with Crippen molar-refractivity contribution in [3.63, 3.8) is 0 Å². The third-order valence-corrected chi connectivity index (χ3v) is 3.53. The highest BCUT2D eigenvalue weighted by Crippen LogP contribution is 2.21. The number of carboxylic acid groups (broad SMARTS) is 1. The number of hydrogen-bond donors (Lipinski definition) is 2. The number of aliphatic hydroxyl groups is 1. The molecule has 0 spiro atoms. The van der Waals surface area contributed by atoms with Crippen molar-refractivity contribution >= 4 is 12.0 Å². The van der Waals surface area contributed by atoms with E-state index in [0.29, 0.717) is 31.8 Å². The number of likely N-dealkylation sites (tertiary alicyclic amines) is 1. The number of likely N-dealkylation sites (N-methyl/N-ethyl adjacent to an activating group) is 1. The van der Waals surface area contributed by atoms with E-state index in [9.17, 15) is 9.59 Å². The summed E-state index contributed by atoms with van der Waals surface area (Å²) in [6.07, 6.45) is 1.97. The first-order valence-electron chi connectivity index (χ1n) is 6.36. The summed E-state index contributed by atoms with van der Waals surface area (Å²) in [4.78, 5) is 26.1. The number of rotatable bonds is 5. The van der Waals surface area contributed by atoms with E-state index in [4.69, 9.17) is 10.2 Å². The van der Waals surface area contributed by atoms with Crippen molar-refractivity contribution in [2.24, 2.45) is 5.92 Å². The quantitative estimate of drug-likeness (QED) is 0.757. The maximum absolute atomic E-state index is 12.1. The third-order valence-electron chi connectivity index (χ3n) is 3.53. The Morgan fingerprint density at radius 3 is 2.67 bits per heavy atom. The number of urea groups is 1. The minimum absolute atomic E-state index is 0.134. The van der Waals surface area contributed by atoms with E-state index in [0.717, 1.165) is 6.42 Å². The molecule has 1 aliphatic rings. The molecule has 1 fully saturated rings. The largest absolute Gasteiger partial charge is 0.480 e. The van der Waals surface area contributed by atoms with Crippen LogP contribution in [0.25, 0.3) is 0 Å². The SMILES string of the molecule is CCC(C(=O)O)N(C)C(=O)N1CCC(CCO)C1. The van der Waals surface area contributed by atoms with Gasteiger partial charge in [-0.25, -0.2) is 9.59 Å². The fourth-order valence-electron chi connectivity index (χ4n) is 2.40. The van der Waals surface area contributed by atoms with Gasteiger partial charge in [-0.2, -0.15) is 0 Å². The number of amides is 2. The molecule has 0 aromatic carbocycles. The van der Waals surface area contributed by atoms with Crippen molar-refractivity contribution in [3.8, 4) is 0 Å². The topological polar surface area (TPSA) is 81.1 Å². The van der Waals surface area contributed by atoms with Gasteiger partial charge in [-0.1, -0.05) is 6.92 Å². The molecule has 0 aromatic heterocycles. The van der Waals surface area contributed by atoms with Crippen LogP contribution in [0.4, 0.5) is 4.79 Å². The second-order valence-corrected chi connectivity index (χ2v) is 4.77. The van der Waals surface area contributed by atoms with Gasteiger partial charge in [-0.15, -0.1) is 0 Å². The summed E-state index contributed by atoms with van der Waals surface area (Å²) in [5, 5.41) is 17.9. The van der Waals surface area contributed by atoms with Crippen LogP contribution in [-0.4, -0.2) is 64.8 Å². The van der Waals surface area contributed by atoms with Gasteiger partial charge in [-0.05, 0) is 25.2 Å². The van der Waals surface area contributed by atoms with Gasteiger partial charge in [0, 0.05) is 26.7 Å². The summed E-state index contributed by atoms with van der Waals surface area (Å²) >= 11 is 0. The van der Waals surface area contributed by atoms with Crippen LogP contribution in [0.5, 0.6) is 0 Å². The van der Waals surface area contributed by atoms with Crippen molar-refractivity contribution in [2.75, 3.05) is 26.7 Å². The Balaban J connectivity index is 2.57. The van der Waals surface area contributed by atoms with Gasteiger partial charge in [0.1, 0.15) is 6.04 Å². The molecular formula is C12H22N2O4. The number of aliphatic carboxylic acids is 1. The zero-order valence-corrected chi connectivity index (χ0v) is 11.0. The smallest absolute Gasteiger partial charge is 0.326 e. The number of aliphatic hydroxyl groups excluding tert-OH is 1. The Morgan fingerprint density at radius 1 is 1.50 bits per heavy atom. The van der Waals surface area contributed by atoms with Gasteiger partial charge < -0.3 is 20.0 Å². The molecule has 1 rings (SSSR count). The molecule has 0 bridgehead atoms. The molecule has 0 aliphatic carbocycles. The van der Waals surface area contributed by atoms with Gasteiger partial charge in [0.25, 0.3) is 0 Å². The zero-order valence-electron chi connectivity index (χ0n) is 11.0. The first-order valence-corrected chi connectivity index (χ1v) is 6.36. The van der Waals surface area contributed by atoms with E-state index >= 15 is 0 Å². The molecule has 6 heteroatoms. The lowest BCUT2D eigenvalue weighted by Gasteiger charge is -2.28. The molecule has 2 unspecified atom stereocenters. The summed E-state index contributed by atoms with van der Waals surface area (Å²) in [5.74, 6) is -0.642. The maximum atomic E-state index is 12.1. The molecule has 0 aromatic rings. The van der Waals surface area contributed by atoms with Crippen molar-refractivity contribution in [2.45, 2.75) is 32.2 Å². The van der Waals surface area contributed by atoms with Crippen LogP contribution in [0.1, 0.15) is 26.2 Å². The zero-order chi connectivity index (χ0) is 13.7. The molecule has 2 N–H and O–H groups in total. The van der Waals surface area contributed by atoms with E-state index in [1.807, 2.05) is 0 Å². The van der Waals surface area contributed by atoms with Gasteiger partial charge in [0.15, 0.2) is 0 Å². The second kappa shape index (κ2) is 6.58. The Morgan fingerprint density at radius 2 is 2.17 bits per heavy atom. The standard InChI is InChI=1S/C12H22N2O4/c1-3-10(11(16)17)13(2)12(18)14-6-4-9(8-14)5-7-15/h9-10,15H,3-8H2,1-2H3,(H,16,17). The molecule has 1 heterocycles. The van der Waals surface area contributed by atoms with E-state index < -0.39 is 12.0 Å². The number of hydrogen-bond acceptors (Lipinski definition) is 3. The van der Waals surface area contributed by atoms with Crippen LogP contribution >= 0.6 is 0 Å². The highest BCUT2D eigenvalue weighted by molar-refractivity contribution is 5.82. The maximum Gasteiger partial charge on any atom is 0.326 e. The minimum atomic E-state index is -0.973. The average Bonchev–Trinajstić information content (AvgIpc) is 2.77. The first-order chi connectivity index (χ1) is 8.51. The van der Waals surface area contributed by atoms with Gasteiger partial charge in [-0.3, -0.25) is 0 Å². The monoisotopic (exact) mass is 258 g/mol. The summed E-state index contributed by atoms with van der Waals surface area (Å²) in [5.41, 5.74) is 0. The lowest BCUT2D eigenvalue weighted by molar-refractivity contribution is -0.142. The number of carbonyl (C=O) groups excluding carboxylic acids is 1. The molecule has 1 aliphatic heterocycles. The molecule has 6 nitrogen and oxygen atoms in total. The van der Waals surface area contributed by atoms with Crippen LogP contribution in [-0.2, 0) is 4.79 Å². The Kier molecular flexibility index (Phi) is 5.40. The lowest BCUT2D eigenvalue weighted by atomic mass is 10.1. The molecule has 2 amide bonds. The number of carbonyl (C=O) groups is 2. The fraction of sp³-hybridized carbons (Fsp3) is 0.833. The van der Waals surface area contributed by atoms with Crippen LogP contribution < -0.4 is 0 Å². The van der Waals surface area contributed by atoms with E-state index in [1.54, 1.807) is 11.8 Å². The van der Waals surface area contributed by atoms with Crippen molar-refractivity contribution < 1.29 is 19.8 Å². The molecule has 2 atom stereocenters. The second-order valence-electron chi connectivity index (χ2n) is 4.77. The molecule has 18 heavy (non-hydrogen) atoms. The molecule has 1 saturated heterocycles. The van der Waals surface area contributed by atoms with Crippen LogP contribution in [0.2, 0.25) is 0 Å². The van der Waals surface area contributed by atoms with Crippen molar-refractivity contribution in [3.05, 3.63) is 0 Å². The van der Waals surface area contributed by atoms with E-state index in [2.05, 4.69) is 0 Å².